The summed E-state index contributed by atoms with van der Waals surface area (Å²) in [6.07, 6.45) is 0. The molecule has 17 heavy (non-hydrogen) atoms. The Labute approximate surface area is 99.2 Å². The summed E-state index contributed by atoms with van der Waals surface area (Å²) in [5.41, 5.74) is 5.73. The number of nitrogens with one attached hydrogen (secondary N) is 2. The molecule has 0 amide bonds. The second-order valence-electron chi connectivity index (χ2n) is 3.43. The highest BCUT2D eigenvalue weighted by Gasteiger charge is 2.03. The number of hydrogen-bond acceptors (Lipinski definition) is 3. The Bertz CT molecular complexity index is 488. The molecule has 0 unspecified atom stereocenters. The largest absolute Gasteiger partial charge is 0.457 e. The van der Waals surface area contributed by atoms with Gasteiger partial charge >= 0.3 is 0 Å². The lowest BCUT2D eigenvalue weighted by molar-refractivity contribution is 0.477. The van der Waals surface area contributed by atoms with Crippen LogP contribution in [0.25, 0.3) is 0 Å². The topological polar surface area (TPSA) is 33.3 Å². The third kappa shape index (κ3) is 2.95. The molecule has 0 spiro atoms. The van der Waals surface area contributed by atoms with Gasteiger partial charge in [0, 0.05) is 13.1 Å². The molecule has 0 saturated carbocycles. The highest BCUT2D eigenvalue weighted by atomic mass is 19.1. The lowest BCUT2D eigenvalue weighted by Gasteiger charge is -2.09. The number of rotatable bonds is 4. The van der Waals surface area contributed by atoms with E-state index in [1.807, 2.05) is 30.3 Å². The third-order valence-corrected chi connectivity index (χ3v) is 2.18. The molecular formula is C13H13FN2O. The molecular weight excluding hydrogens is 219 g/mol. The van der Waals surface area contributed by atoms with E-state index in [1.54, 1.807) is 19.2 Å². The van der Waals surface area contributed by atoms with Crippen molar-refractivity contribution in [1.29, 1.82) is 0 Å². The van der Waals surface area contributed by atoms with Crippen molar-refractivity contribution in [2.75, 3.05) is 12.5 Å². The Morgan fingerprint density at radius 1 is 1.00 bits per heavy atom. The summed E-state index contributed by atoms with van der Waals surface area (Å²) in [5.74, 6) is 0.782. The van der Waals surface area contributed by atoms with Crippen LogP contribution in [0.3, 0.4) is 0 Å². The highest BCUT2D eigenvalue weighted by molar-refractivity contribution is 5.48. The zero-order valence-corrected chi connectivity index (χ0v) is 9.41. The number of ether oxygens (including phenoxy) is 1. The molecule has 0 atom stereocenters. The van der Waals surface area contributed by atoms with Crippen LogP contribution in [0.15, 0.2) is 48.5 Å². The van der Waals surface area contributed by atoms with Crippen molar-refractivity contribution < 1.29 is 9.13 Å². The van der Waals surface area contributed by atoms with E-state index in [9.17, 15) is 4.39 Å². The fourth-order valence-electron chi connectivity index (χ4n) is 1.42. The quantitative estimate of drug-likeness (QED) is 0.794. The van der Waals surface area contributed by atoms with Crippen molar-refractivity contribution >= 4 is 5.69 Å². The molecule has 2 aromatic rings. The molecule has 0 aliphatic rings. The molecule has 0 radical (unpaired) electrons. The predicted octanol–water partition coefficient (Wildman–Crippen LogP) is 3.16. The summed E-state index contributed by atoms with van der Waals surface area (Å²) in [5, 5.41) is 0. The van der Waals surface area contributed by atoms with Crippen molar-refractivity contribution in [1.82, 2.24) is 5.43 Å². The van der Waals surface area contributed by atoms with Crippen LogP contribution in [0.4, 0.5) is 10.1 Å². The molecule has 2 N–H and O–H groups in total. The van der Waals surface area contributed by atoms with E-state index in [2.05, 4.69) is 10.9 Å². The molecule has 3 nitrogen and oxygen atoms in total. The summed E-state index contributed by atoms with van der Waals surface area (Å²) in [4.78, 5) is 0. The predicted molar refractivity (Wildman–Crippen MR) is 65.6 cm³/mol. The second kappa shape index (κ2) is 5.32. The van der Waals surface area contributed by atoms with Gasteiger partial charge in [-0.2, -0.15) is 0 Å². The standard InChI is InChI=1S/C13H13FN2O/c1-15-16-13-8-7-11(9-12(13)14)17-10-5-3-2-4-6-10/h2-9,15-16H,1H3. The number of para-hydroxylation sites is 1. The zero-order valence-electron chi connectivity index (χ0n) is 9.41. The van der Waals surface area contributed by atoms with Gasteiger partial charge in [-0.1, -0.05) is 18.2 Å². The maximum atomic E-state index is 13.6. The van der Waals surface area contributed by atoms with Gasteiger partial charge in [-0.05, 0) is 24.3 Å². The minimum absolute atomic E-state index is 0.368. The van der Waals surface area contributed by atoms with E-state index in [1.165, 1.54) is 6.07 Å². The Kier molecular flexibility index (Phi) is 3.57. The first-order chi connectivity index (χ1) is 8.29. The Morgan fingerprint density at radius 3 is 2.41 bits per heavy atom. The van der Waals surface area contributed by atoms with E-state index < -0.39 is 0 Å². The van der Waals surface area contributed by atoms with Crippen LogP contribution in [0, 0.1) is 5.82 Å². The van der Waals surface area contributed by atoms with Crippen molar-refractivity contribution in [3.05, 3.63) is 54.3 Å². The van der Waals surface area contributed by atoms with Crippen molar-refractivity contribution in [3.8, 4) is 11.5 Å². The number of anilines is 1. The molecule has 0 bridgehead atoms. The number of hydrazine groups is 1. The van der Waals surface area contributed by atoms with E-state index in [-0.39, 0.29) is 5.82 Å². The molecule has 0 fully saturated rings. The molecule has 2 aromatic carbocycles. The average Bonchev–Trinajstić information content (AvgIpc) is 2.34. The fraction of sp³-hybridized carbons (Fsp3) is 0.0769. The van der Waals surface area contributed by atoms with E-state index in [4.69, 9.17) is 4.74 Å². The van der Waals surface area contributed by atoms with Crippen LogP contribution < -0.4 is 15.6 Å². The molecule has 0 aromatic heterocycles. The molecule has 0 aliphatic carbocycles. The molecule has 0 saturated heterocycles. The lowest BCUT2D eigenvalue weighted by atomic mass is 10.3. The van der Waals surface area contributed by atoms with Gasteiger partial charge in [0.15, 0.2) is 5.82 Å². The maximum Gasteiger partial charge on any atom is 0.151 e. The first-order valence-corrected chi connectivity index (χ1v) is 5.25. The van der Waals surface area contributed by atoms with Crippen LogP contribution in [-0.2, 0) is 0 Å². The van der Waals surface area contributed by atoms with Crippen LogP contribution in [0.1, 0.15) is 0 Å². The molecule has 0 aliphatic heterocycles. The molecule has 0 heterocycles. The normalized spacial score (nSPS) is 10.0. The van der Waals surface area contributed by atoms with Crippen LogP contribution in [-0.4, -0.2) is 7.05 Å². The van der Waals surface area contributed by atoms with Crippen molar-refractivity contribution in [2.45, 2.75) is 0 Å². The van der Waals surface area contributed by atoms with Gasteiger partial charge in [-0.15, -0.1) is 0 Å². The Hall–Kier alpha value is -2.07. The van der Waals surface area contributed by atoms with Crippen LogP contribution in [0.2, 0.25) is 0 Å². The summed E-state index contributed by atoms with van der Waals surface area (Å²) in [7, 11) is 1.67. The molecule has 2 rings (SSSR count). The van der Waals surface area contributed by atoms with Crippen LogP contribution >= 0.6 is 0 Å². The zero-order chi connectivity index (χ0) is 12.1. The van der Waals surface area contributed by atoms with Gasteiger partial charge in [0.2, 0.25) is 0 Å². The monoisotopic (exact) mass is 232 g/mol. The summed E-state index contributed by atoms with van der Waals surface area (Å²) in [6.45, 7) is 0. The summed E-state index contributed by atoms with van der Waals surface area (Å²) < 4.78 is 19.1. The van der Waals surface area contributed by atoms with Crippen molar-refractivity contribution in [3.63, 3.8) is 0 Å². The summed E-state index contributed by atoms with van der Waals surface area (Å²) >= 11 is 0. The minimum atomic E-state index is -0.368. The smallest absolute Gasteiger partial charge is 0.151 e. The van der Waals surface area contributed by atoms with Gasteiger partial charge in [-0.25, -0.2) is 9.82 Å². The van der Waals surface area contributed by atoms with Crippen LogP contribution in [0.5, 0.6) is 11.5 Å². The van der Waals surface area contributed by atoms with Gasteiger partial charge < -0.3 is 10.2 Å². The van der Waals surface area contributed by atoms with Gasteiger partial charge in [0.1, 0.15) is 11.5 Å². The average molecular weight is 232 g/mol. The molecule has 4 heteroatoms. The second-order valence-corrected chi connectivity index (χ2v) is 3.43. The van der Waals surface area contributed by atoms with E-state index >= 15 is 0 Å². The fourth-order valence-corrected chi connectivity index (χ4v) is 1.42. The number of halogens is 1. The maximum absolute atomic E-state index is 13.6. The lowest BCUT2D eigenvalue weighted by Crippen LogP contribution is -2.15. The SMILES string of the molecule is CNNc1ccc(Oc2ccccc2)cc1F. The number of benzene rings is 2. The molecule has 88 valence electrons. The Balaban J connectivity index is 2.15. The van der Waals surface area contributed by atoms with Gasteiger partial charge in [-0.3, -0.25) is 0 Å². The van der Waals surface area contributed by atoms with Crippen molar-refractivity contribution in [2.24, 2.45) is 0 Å². The van der Waals surface area contributed by atoms with Gasteiger partial charge in [0.25, 0.3) is 0 Å². The first kappa shape index (κ1) is 11.4. The minimum Gasteiger partial charge on any atom is -0.457 e. The van der Waals surface area contributed by atoms with E-state index in [0.29, 0.717) is 17.2 Å². The first-order valence-electron chi connectivity index (χ1n) is 5.25. The highest BCUT2D eigenvalue weighted by Crippen LogP contribution is 2.24. The van der Waals surface area contributed by atoms with Gasteiger partial charge in [0.05, 0.1) is 5.69 Å². The Morgan fingerprint density at radius 2 is 1.76 bits per heavy atom. The third-order valence-electron chi connectivity index (χ3n) is 2.18. The summed E-state index contributed by atoms with van der Waals surface area (Å²) in [6, 6.07) is 13.9. The number of hydrogen-bond donors (Lipinski definition) is 2. The van der Waals surface area contributed by atoms with E-state index in [0.717, 1.165) is 0 Å².